The van der Waals surface area contributed by atoms with Crippen molar-refractivity contribution in [3.05, 3.63) is 106 Å². The number of aliphatic imine (C=N–C) groups is 2. The summed E-state index contributed by atoms with van der Waals surface area (Å²) in [7, 11) is 0. The zero-order chi connectivity index (χ0) is 40.5. The standard InChI is InChI=1S/C48H52N6O2.2ClH.Cu.Pd/c1-45(2,3)29-19-27(43(55)33(21-29)47(7,8)9)25-51-35-23-37-38(54-42-32-16-14-18-50-40(32)39-31(41(42)53-37)15-13-17-49-39)24-36(35)52-26-28-20-30(46(4,5)6)22-34(44(28)56)48(10,11)12;;;;/h13-26,55-56H,1-12H3;2*1H;;/q;;;2*+2/p-4. The van der Waals surface area contributed by atoms with Gasteiger partial charge in [0.05, 0.1) is 44.5 Å². The van der Waals surface area contributed by atoms with Gasteiger partial charge in [-0.05, 0) is 91.4 Å². The second kappa shape index (κ2) is 18.2. The minimum Gasteiger partial charge on any atom is -1.00 e. The Morgan fingerprint density at radius 3 is 1.17 bits per heavy atom. The maximum atomic E-state index is 14.0. The maximum Gasteiger partial charge on any atom is 2.00 e. The van der Waals surface area contributed by atoms with E-state index in [0.717, 1.165) is 44.1 Å². The van der Waals surface area contributed by atoms with Gasteiger partial charge in [0.2, 0.25) is 0 Å². The zero-order valence-corrected chi connectivity index (χ0v) is 40.0. The van der Waals surface area contributed by atoms with Gasteiger partial charge < -0.3 is 35.0 Å². The predicted octanol–water partition coefficient (Wildman–Crippen LogP) is 4.72. The van der Waals surface area contributed by atoms with E-state index in [-0.39, 0.29) is 95.5 Å². The Kier molecular flexibility index (Phi) is 15.2. The number of hydrogen-bond acceptors (Lipinski definition) is 8. The fourth-order valence-corrected chi connectivity index (χ4v) is 6.99. The number of aromatic nitrogens is 4. The molecule has 0 N–H and O–H groups in total. The molecule has 1 radical (unpaired) electrons. The SMILES string of the molecule is CC(C)(C)c1cc(C=Nc2cc3nc4c5cccnc5c5ncccc5c4nc3cc2N=Cc2cc(C(C)(C)C)cc(C(C)(C)C)c2[O-])c([O-])c(C(C)(C)C)c1.[Cl-].[Cl-].[Cu+2].[Pd+2]. The van der Waals surface area contributed by atoms with E-state index in [1.165, 1.54) is 0 Å². The van der Waals surface area contributed by atoms with E-state index in [4.69, 9.17) is 20.0 Å². The number of hydrogen-bond donors (Lipinski definition) is 0. The molecule has 0 spiro atoms. The molecule has 3 heterocycles. The van der Waals surface area contributed by atoms with Gasteiger partial charge in [-0.1, -0.05) is 119 Å². The molecule has 12 heteroatoms. The van der Waals surface area contributed by atoms with Crippen LogP contribution in [0.5, 0.6) is 11.5 Å². The first kappa shape index (κ1) is 50.4. The van der Waals surface area contributed by atoms with Gasteiger partial charge in [0.25, 0.3) is 0 Å². The number of fused-ring (bicyclic) bond motifs is 7. The van der Waals surface area contributed by atoms with E-state index in [1.54, 1.807) is 24.8 Å². The van der Waals surface area contributed by atoms with Crippen LogP contribution in [-0.2, 0) is 59.2 Å². The number of benzene rings is 4. The Balaban J connectivity index is 0.00000240. The molecule has 0 bridgehead atoms. The zero-order valence-electron chi connectivity index (χ0n) is 36.0. The third-order valence-electron chi connectivity index (χ3n) is 10.4. The summed E-state index contributed by atoms with van der Waals surface area (Å²) in [5, 5.41) is 29.6. The Morgan fingerprint density at radius 1 is 0.500 bits per heavy atom. The molecule has 4 aromatic carbocycles. The van der Waals surface area contributed by atoms with Gasteiger partial charge in [0.1, 0.15) is 0 Å². The second-order valence-electron chi connectivity index (χ2n) is 19.0. The Hall–Kier alpha value is -4.00. The molecule has 0 fully saturated rings. The average molecular weight is 984 g/mol. The molecule has 0 saturated heterocycles. The van der Waals surface area contributed by atoms with E-state index >= 15 is 0 Å². The molecule has 3 aromatic heterocycles. The topological polar surface area (TPSA) is 122 Å². The molecule has 7 rings (SSSR count). The minimum atomic E-state index is -0.364. The van der Waals surface area contributed by atoms with Crippen LogP contribution < -0.4 is 35.0 Å². The minimum absolute atomic E-state index is 0. The number of halogens is 2. The Morgan fingerprint density at radius 2 is 0.850 bits per heavy atom. The van der Waals surface area contributed by atoms with Crippen molar-refractivity contribution in [2.75, 3.05) is 0 Å². The molecule has 7 aromatic rings. The fraction of sp³-hybridized carbons (Fsp3) is 0.333. The summed E-state index contributed by atoms with van der Waals surface area (Å²) in [6.07, 6.45) is 6.79. The van der Waals surface area contributed by atoms with Crippen molar-refractivity contribution < 1.29 is 72.5 Å². The third-order valence-corrected chi connectivity index (χ3v) is 10.4. The predicted molar refractivity (Wildman–Crippen MR) is 229 cm³/mol. The first-order valence-electron chi connectivity index (χ1n) is 19.2. The number of nitrogens with zero attached hydrogens (tertiary/aromatic N) is 6. The van der Waals surface area contributed by atoms with Gasteiger partial charge >= 0.3 is 37.5 Å². The van der Waals surface area contributed by atoms with E-state index in [0.29, 0.717) is 44.6 Å². The molecular weight excluding hydrogens is 933 g/mol. The van der Waals surface area contributed by atoms with Crippen molar-refractivity contribution in [3.8, 4) is 11.5 Å². The molecule has 8 nitrogen and oxygen atoms in total. The first-order chi connectivity index (χ1) is 26.1. The van der Waals surface area contributed by atoms with E-state index in [9.17, 15) is 10.2 Å². The van der Waals surface area contributed by atoms with Crippen LogP contribution in [0.15, 0.2) is 83.0 Å². The van der Waals surface area contributed by atoms with Gasteiger partial charge in [-0.3, -0.25) is 20.0 Å². The van der Waals surface area contributed by atoms with Gasteiger partial charge in [-0.2, -0.15) is 0 Å². The normalized spacial score (nSPS) is 12.5. The van der Waals surface area contributed by atoms with Crippen LogP contribution in [0.25, 0.3) is 43.9 Å². The molecule has 0 saturated carbocycles. The Bertz CT molecular complexity index is 2590. The summed E-state index contributed by atoms with van der Waals surface area (Å²) >= 11 is 0. The first-order valence-corrected chi connectivity index (χ1v) is 19.2. The third kappa shape index (κ3) is 9.87. The second-order valence-corrected chi connectivity index (χ2v) is 19.0. The molecule has 319 valence electrons. The molecule has 60 heavy (non-hydrogen) atoms. The van der Waals surface area contributed by atoms with Crippen LogP contribution >= 0.6 is 0 Å². The van der Waals surface area contributed by atoms with Crippen LogP contribution in [0.4, 0.5) is 11.4 Å². The van der Waals surface area contributed by atoms with Gasteiger partial charge in [0.15, 0.2) is 0 Å². The molecule has 0 aliphatic carbocycles. The van der Waals surface area contributed by atoms with E-state index < -0.39 is 0 Å². The van der Waals surface area contributed by atoms with Crippen LogP contribution in [0.1, 0.15) is 116 Å². The summed E-state index contributed by atoms with van der Waals surface area (Å²) in [5.74, 6) is -0.120. The molecule has 0 aliphatic heterocycles. The van der Waals surface area contributed by atoms with Crippen molar-refractivity contribution >= 4 is 67.7 Å². The van der Waals surface area contributed by atoms with Crippen LogP contribution in [-0.4, -0.2) is 32.4 Å². The summed E-state index contributed by atoms with van der Waals surface area (Å²) in [5.41, 5.74) is 8.54. The van der Waals surface area contributed by atoms with Crippen LogP contribution in [0, 0.1) is 0 Å². The Labute approximate surface area is 390 Å². The maximum absolute atomic E-state index is 14.0. The molecule has 0 aliphatic rings. The quantitative estimate of drug-likeness (QED) is 0.109. The van der Waals surface area contributed by atoms with Crippen molar-refractivity contribution in [1.82, 2.24) is 19.9 Å². The molecular formula is C48H50Cl2CuN6O2Pd. The monoisotopic (exact) mass is 981 g/mol. The van der Waals surface area contributed by atoms with Crippen molar-refractivity contribution in [3.63, 3.8) is 0 Å². The fourth-order valence-electron chi connectivity index (χ4n) is 6.99. The van der Waals surface area contributed by atoms with Crippen LogP contribution in [0.3, 0.4) is 0 Å². The van der Waals surface area contributed by atoms with E-state index in [1.807, 2.05) is 60.7 Å². The van der Waals surface area contributed by atoms with Gasteiger partial charge in [0, 0.05) is 35.6 Å². The number of rotatable bonds is 4. The summed E-state index contributed by atoms with van der Waals surface area (Å²) in [6.45, 7) is 25.2. The summed E-state index contributed by atoms with van der Waals surface area (Å²) < 4.78 is 0. The smallest absolute Gasteiger partial charge is 1.00 e. The molecule has 0 amide bonds. The summed E-state index contributed by atoms with van der Waals surface area (Å²) in [6, 6.07) is 19.4. The molecule has 0 atom stereocenters. The van der Waals surface area contributed by atoms with E-state index in [2.05, 4.69) is 93.1 Å². The van der Waals surface area contributed by atoms with Crippen molar-refractivity contribution in [1.29, 1.82) is 0 Å². The van der Waals surface area contributed by atoms with Gasteiger partial charge in [-0.15, -0.1) is 0 Å². The largest absolute Gasteiger partial charge is 2.00 e. The molecule has 0 unspecified atom stereocenters. The van der Waals surface area contributed by atoms with Crippen LogP contribution in [0.2, 0.25) is 0 Å². The van der Waals surface area contributed by atoms with Crippen molar-refractivity contribution in [2.24, 2.45) is 9.98 Å². The number of pyridine rings is 2. The average Bonchev–Trinajstić information content (AvgIpc) is 3.11. The van der Waals surface area contributed by atoms with Crippen molar-refractivity contribution in [2.45, 2.75) is 105 Å². The summed E-state index contributed by atoms with van der Waals surface area (Å²) in [4.78, 5) is 29.6. The van der Waals surface area contributed by atoms with Gasteiger partial charge in [-0.25, -0.2) is 9.97 Å².